The Bertz CT molecular complexity index is 890. The second-order valence-corrected chi connectivity index (χ2v) is 6.69. The molecule has 0 bridgehead atoms. The fourth-order valence-corrected chi connectivity index (χ4v) is 3.52. The molecule has 1 aliphatic rings. The number of aromatic nitrogens is 2. The number of rotatable bonds is 1. The standard InChI is InChI=1S/C17H15ClF4N4O/c1-8-5-11-10(3-4-23-15(11)19)9(2)26(8)16(27)25-14-6-13(18)12(7-24-14)17(20,21)22/h3-4,6-9H,5H2,1-2H3,(H,24,25,27)/t8-,9?/m0/s1. The van der Waals surface area contributed by atoms with E-state index in [0.717, 1.165) is 6.07 Å². The highest BCUT2D eigenvalue weighted by Crippen LogP contribution is 2.36. The Morgan fingerprint density at radius 3 is 2.67 bits per heavy atom. The van der Waals surface area contributed by atoms with Crippen molar-refractivity contribution < 1.29 is 22.4 Å². The average Bonchev–Trinajstić information content (AvgIpc) is 2.55. The van der Waals surface area contributed by atoms with Gasteiger partial charge < -0.3 is 4.90 Å². The number of carbonyl (C=O) groups excluding carboxylic acids is 1. The van der Waals surface area contributed by atoms with Crippen LogP contribution in [0.15, 0.2) is 24.5 Å². The van der Waals surface area contributed by atoms with E-state index in [0.29, 0.717) is 17.3 Å². The van der Waals surface area contributed by atoms with Gasteiger partial charge in [-0.2, -0.15) is 17.6 Å². The molecular formula is C17H15ClF4N4O. The minimum absolute atomic E-state index is 0.107. The summed E-state index contributed by atoms with van der Waals surface area (Å²) < 4.78 is 52.2. The van der Waals surface area contributed by atoms with Crippen LogP contribution in [0.2, 0.25) is 5.02 Å². The van der Waals surface area contributed by atoms with Crippen LogP contribution in [0.3, 0.4) is 0 Å². The molecule has 1 aliphatic heterocycles. The largest absolute Gasteiger partial charge is 0.419 e. The van der Waals surface area contributed by atoms with Crippen molar-refractivity contribution in [2.24, 2.45) is 0 Å². The molecule has 3 rings (SSSR count). The van der Waals surface area contributed by atoms with E-state index in [-0.39, 0.29) is 18.3 Å². The van der Waals surface area contributed by atoms with Gasteiger partial charge in [-0.25, -0.2) is 14.8 Å². The van der Waals surface area contributed by atoms with Crippen LogP contribution < -0.4 is 5.32 Å². The number of amides is 2. The molecule has 0 radical (unpaired) electrons. The molecule has 2 aromatic rings. The summed E-state index contributed by atoms with van der Waals surface area (Å²) in [6.07, 6.45) is -2.47. The molecule has 0 aromatic carbocycles. The first-order valence-corrected chi connectivity index (χ1v) is 8.42. The van der Waals surface area contributed by atoms with Gasteiger partial charge in [0.25, 0.3) is 0 Å². The highest BCUT2D eigenvalue weighted by Gasteiger charge is 2.36. The van der Waals surface area contributed by atoms with Crippen LogP contribution in [-0.2, 0) is 12.6 Å². The quantitative estimate of drug-likeness (QED) is 0.549. The van der Waals surface area contributed by atoms with E-state index < -0.39 is 34.8 Å². The Labute approximate surface area is 157 Å². The number of hydrogen-bond acceptors (Lipinski definition) is 3. The average molecular weight is 403 g/mol. The van der Waals surface area contributed by atoms with Crippen molar-refractivity contribution in [1.29, 1.82) is 0 Å². The molecule has 10 heteroatoms. The summed E-state index contributed by atoms with van der Waals surface area (Å²) in [6, 6.07) is 1.21. The Morgan fingerprint density at radius 2 is 2.04 bits per heavy atom. The van der Waals surface area contributed by atoms with Gasteiger partial charge in [0, 0.05) is 30.1 Å². The maximum atomic E-state index is 13.9. The number of urea groups is 1. The minimum atomic E-state index is -4.63. The van der Waals surface area contributed by atoms with Crippen LogP contribution >= 0.6 is 11.6 Å². The minimum Gasteiger partial charge on any atom is -0.315 e. The van der Waals surface area contributed by atoms with Crippen molar-refractivity contribution in [3.63, 3.8) is 0 Å². The maximum Gasteiger partial charge on any atom is 0.419 e. The van der Waals surface area contributed by atoms with E-state index in [1.54, 1.807) is 19.9 Å². The van der Waals surface area contributed by atoms with E-state index in [4.69, 9.17) is 11.6 Å². The summed E-state index contributed by atoms with van der Waals surface area (Å²) in [7, 11) is 0. The second-order valence-electron chi connectivity index (χ2n) is 6.28. The molecule has 2 atom stereocenters. The first kappa shape index (κ1) is 19.3. The summed E-state index contributed by atoms with van der Waals surface area (Å²) in [6.45, 7) is 3.49. The number of nitrogens with zero attached hydrogens (tertiary/aromatic N) is 3. The number of carbonyl (C=O) groups is 1. The molecule has 0 fully saturated rings. The lowest BCUT2D eigenvalue weighted by Crippen LogP contribution is -2.47. The lowest BCUT2D eigenvalue weighted by atomic mass is 9.91. The fourth-order valence-electron chi connectivity index (χ4n) is 3.26. The number of pyridine rings is 2. The third kappa shape index (κ3) is 3.69. The van der Waals surface area contributed by atoms with Gasteiger partial charge in [0.2, 0.25) is 5.95 Å². The van der Waals surface area contributed by atoms with Crippen LogP contribution in [-0.4, -0.2) is 26.9 Å². The van der Waals surface area contributed by atoms with Crippen LogP contribution in [0.4, 0.5) is 28.2 Å². The molecule has 0 saturated carbocycles. The normalized spacial score (nSPS) is 19.6. The summed E-state index contributed by atoms with van der Waals surface area (Å²) >= 11 is 5.65. The number of anilines is 1. The van der Waals surface area contributed by atoms with Gasteiger partial charge in [-0.1, -0.05) is 11.6 Å². The van der Waals surface area contributed by atoms with E-state index in [1.807, 2.05) is 0 Å². The van der Waals surface area contributed by atoms with Gasteiger partial charge in [-0.3, -0.25) is 5.32 Å². The molecule has 2 aromatic heterocycles. The van der Waals surface area contributed by atoms with E-state index in [9.17, 15) is 22.4 Å². The number of hydrogen-bond donors (Lipinski definition) is 1. The third-order valence-corrected chi connectivity index (χ3v) is 4.82. The first-order valence-electron chi connectivity index (χ1n) is 8.05. The van der Waals surface area contributed by atoms with Gasteiger partial charge in [-0.05, 0) is 31.9 Å². The third-order valence-electron chi connectivity index (χ3n) is 4.51. The smallest absolute Gasteiger partial charge is 0.315 e. The number of alkyl halides is 3. The van der Waals surface area contributed by atoms with Crippen LogP contribution in [0.25, 0.3) is 0 Å². The Hall–Kier alpha value is -2.42. The van der Waals surface area contributed by atoms with Crippen LogP contribution in [0, 0.1) is 5.95 Å². The fraction of sp³-hybridized carbons (Fsp3) is 0.353. The van der Waals surface area contributed by atoms with Crippen molar-refractivity contribution in [2.75, 3.05) is 5.32 Å². The van der Waals surface area contributed by atoms with Gasteiger partial charge in [0.1, 0.15) is 5.82 Å². The Kier molecular flexibility index (Phi) is 4.98. The van der Waals surface area contributed by atoms with Gasteiger partial charge in [-0.15, -0.1) is 0 Å². The van der Waals surface area contributed by atoms with Crippen molar-refractivity contribution in [1.82, 2.24) is 14.9 Å². The number of nitrogens with one attached hydrogen (secondary N) is 1. The van der Waals surface area contributed by atoms with E-state index in [1.165, 1.54) is 11.1 Å². The molecule has 1 unspecified atom stereocenters. The molecule has 27 heavy (non-hydrogen) atoms. The first-order chi connectivity index (χ1) is 12.6. The highest BCUT2D eigenvalue weighted by atomic mass is 35.5. The second kappa shape index (κ2) is 6.95. The molecule has 1 N–H and O–H groups in total. The molecule has 3 heterocycles. The highest BCUT2D eigenvalue weighted by molar-refractivity contribution is 6.31. The molecule has 5 nitrogen and oxygen atoms in total. The lowest BCUT2D eigenvalue weighted by molar-refractivity contribution is -0.137. The maximum absolute atomic E-state index is 13.9. The SMILES string of the molecule is CC1c2ccnc(F)c2C[C@H](C)N1C(=O)Nc1cc(Cl)c(C(F)(F)F)cn1. The van der Waals surface area contributed by atoms with Gasteiger partial charge in [0.15, 0.2) is 0 Å². The topological polar surface area (TPSA) is 58.1 Å². The van der Waals surface area contributed by atoms with Crippen molar-refractivity contribution in [3.05, 3.63) is 52.2 Å². The number of halogens is 5. The van der Waals surface area contributed by atoms with Crippen LogP contribution in [0.1, 0.15) is 36.6 Å². The predicted octanol–water partition coefficient (Wildman–Crippen LogP) is 4.83. The summed E-state index contributed by atoms with van der Waals surface area (Å²) in [4.78, 5) is 21.4. The molecular weight excluding hydrogens is 388 g/mol. The molecule has 0 saturated heterocycles. The van der Waals surface area contributed by atoms with Crippen molar-refractivity contribution in [3.8, 4) is 0 Å². The zero-order valence-corrected chi connectivity index (χ0v) is 15.1. The summed E-state index contributed by atoms with van der Waals surface area (Å²) in [5.41, 5.74) is 0.00480. The van der Waals surface area contributed by atoms with Crippen molar-refractivity contribution >= 4 is 23.4 Å². The summed E-state index contributed by atoms with van der Waals surface area (Å²) in [5.74, 6) is -0.674. The lowest BCUT2D eigenvalue weighted by Gasteiger charge is -2.40. The van der Waals surface area contributed by atoms with Crippen molar-refractivity contribution in [2.45, 2.75) is 38.5 Å². The van der Waals surface area contributed by atoms with Gasteiger partial charge in [0.05, 0.1) is 16.6 Å². The monoisotopic (exact) mass is 402 g/mol. The molecule has 2 amide bonds. The van der Waals surface area contributed by atoms with E-state index >= 15 is 0 Å². The molecule has 0 aliphatic carbocycles. The Morgan fingerprint density at radius 1 is 1.33 bits per heavy atom. The predicted molar refractivity (Wildman–Crippen MR) is 90.9 cm³/mol. The zero-order valence-electron chi connectivity index (χ0n) is 14.3. The molecule has 144 valence electrons. The summed E-state index contributed by atoms with van der Waals surface area (Å²) in [5, 5.41) is 1.89. The van der Waals surface area contributed by atoms with E-state index in [2.05, 4.69) is 15.3 Å². The molecule has 0 spiro atoms. The van der Waals surface area contributed by atoms with Gasteiger partial charge >= 0.3 is 12.2 Å². The van der Waals surface area contributed by atoms with Crippen LogP contribution in [0.5, 0.6) is 0 Å². The zero-order chi connectivity index (χ0) is 19.9. The number of fused-ring (bicyclic) bond motifs is 1. The Balaban J connectivity index is 1.83.